The van der Waals surface area contributed by atoms with Crippen LogP contribution in [0, 0.1) is 6.92 Å². The average Bonchev–Trinajstić information content (AvgIpc) is 3.07. The van der Waals surface area contributed by atoms with Crippen molar-refractivity contribution in [3.05, 3.63) is 71.3 Å². The lowest BCUT2D eigenvalue weighted by Gasteiger charge is -2.08. The van der Waals surface area contributed by atoms with Crippen molar-refractivity contribution in [1.29, 1.82) is 0 Å². The van der Waals surface area contributed by atoms with E-state index in [4.69, 9.17) is 4.42 Å². The third-order valence-electron chi connectivity index (χ3n) is 4.07. The lowest BCUT2D eigenvalue weighted by molar-refractivity contribution is -0.157. The van der Waals surface area contributed by atoms with Crippen LogP contribution in [0.2, 0.25) is 0 Å². The van der Waals surface area contributed by atoms with Crippen molar-refractivity contribution in [3.63, 3.8) is 0 Å². The van der Waals surface area contributed by atoms with Crippen LogP contribution >= 0.6 is 0 Å². The summed E-state index contributed by atoms with van der Waals surface area (Å²) in [6.07, 6.45) is -4.35. The maximum absolute atomic E-state index is 12.8. The van der Waals surface area contributed by atoms with Crippen LogP contribution < -0.4 is 5.32 Å². The molecule has 0 saturated heterocycles. The molecule has 2 aromatic carbocycles. The zero-order valence-electron chi connectivity index (χ0n) is 14.7. The minimum absolute atomic E-state index is 0.154. The Kier molecular flexibility index (Phi) is 5.03. The summed E-state index contributed by atoms with van der Waals surface area (Å²) in [6, 6.07) is 13.6. The van der Waals surface area contributed by atoms with Crippen molar-refractivity contribution < 1.29 is 22.4 Å². The summed E-state index contributed by atoms with van der Waals surface area (Å²) >= 11 is 0. The summed E-state index contributed by atoms with van der Waals surface area (Å²) in [5.74, 6) is -1.35. The van der Waals surface area contributed by atoms with Gasteiger partial charge in [-0.05, 0) is 30.7 Å². The number of carbonyl (C=O) groups excluding carboxylic acids is 1. The summed E-state index contributed by atoms with van der Waals surface area (Å²) < 4.78 is 43.3. The second kappa shape index (κ2) is 7.26. The van der Waals surface area contributed by atoms with Gasteiger partial charge in [0, 0.05) is 23.2 Å². The summed E-state index contributed by atoms with van der Waals surface area (Å²) in [4.78, 5) is 15.9. The van der Waals surface area contributed by atoms with Crippen molar-refractivity contribution in [2.24, 2.45) is 0 Å². The van der Waals surface area contributed by atoms with Crippen LogP contribution in [0.1, 0.15) is 34.5 Å². The number of amides is 1. The fourth-order valence-electron chi connectivity index (χ4n) is 2.68. The molecule has 27 heavy (non-hydrogen) atoms. The highest BCUT2D eigenvalue weighted by atomic mass is 19.4. The molecular weight excluding hydrogens is 357 g/mol. The molecule has 0 saturated carbocycles. The van der Waals surface area contributed by atoms with Gasteiger partial charge in [-0.25, -0.2) is 4.98 Å². The average molecular weight is 374 g/mol. The van der Waals surface area contributed by atoms with E-state index in [1.165, 1.54) is 0 Å². The molecule has 0 aliphatic heterocycles. The van der Waals surface area contributed by atoms with Crippen LogP contribution in [0.25, 0.3) is 11.3 Å². The minimum Gasteiger partial charge on any atom is -0.437 e. The summed E-state index contributed by atoms with van der Waals surface area (Å²) in [6.45, 7) is 3.54. The predicted octanol–water partition coefficient (Wildman–Crippen LogP) is 5.48. The molecule has 0 aliphatic carbocycles. The highest BCUT2D eigenvalue weighted by Gasteiger charge is 2.38. The Morgan fingerprint density at radius 2 is 1.78 bits per heavy atom. The number of hydrogen-bond donors (Lipinski definition) is 1. The number of halogens is 3. The van der Waals surface area contributed by atoms with Gasteiger partial charge >= 0.3 is 12.1 Å². The maximum Gasteiger partial charge on any atom is 0.468 e. The monoisotopic (exact) mass is 374 g/mol. The molecule has 0 fully saturated rings. The SMILES string of the molecule is CCc1oc(C(F)(F)F)nc1-c1ccc(NC(=O)c2ccccc2C)cc1. The topological polar surface area (TPSA) is 55.1 Å². The predicted molar refractivity (Wildman–Crippen MR) is 95.5 cm³/mol. The molecule has 0 radical (unpaired) electrons. The number of anilines is 1. The molecule has 4 nitrogen and oxygen atoms in total. The van der Waals surface area contributed by atoms with Gasteiger partial charge in [0.25, 0.3) is 5.91 Å². The molecule has 1 amide bonds. The molecule has 0 spiro atoms. The Labute approximate surface area is 154 Å². The van der Waals surface area contributed by atoms with Gasteiger partial charge < -0.3 is 9.73 Å². The summed E-state index contributed by atoms with van der Waals surface area (Å²) in [5.41, 5.74) is 2.58. The van der Waals surface area contributed by atoms with Gasteiger partial charge in [-0.2, -0.15) is 13.2 Å². The third-order valence-corrected chi connectivity index (χ3v) is 4.07. The van der Waals surface area contributed by atoms with E-state index in [-0.39, 0.29) is 23.8 Å². The first kappa shape index (κ1) is 18.7. The fraction of sp³-hybridized carbons (Fsp3) is 0.200. The molecule has 3 aromatic rings. The molecule has 140 valence electrons. The standard InChI is InChI=1S/C20H17F3N2O2/c1-3-16-17(25-19(27-16)20(21,22)23)13-8-10-14(11-9-13)24-18(26)15-7-5-4-6-12(15)2/h4-11H,3H2,1-2H3,(H,24,26). The van der Waals surface area contributed by atoms with E-state index in [9.17, 15) is 18.0 Å². The third kappa shape index (κ3) is 4.02. The molecule has 3 rings (SSSR count). The van der Waals surface area contributed by atoms with Crippen molar-refractivity contribution in [2.45, 2.75) is 26.4 Å². The van der Waals surface area contributed by atoms with Gasteiger partial charge in [0.15, 0.2) is 0 Å². The van der Waals surface area contributed by atoms with E-state index >= 15 is 0 Å². The molecule has 0 unspecified atom stereocenters. The van der Waals surface area contributed by atoms with E-state index in [1.807, 2.05) is 19.1 Å². The Morgan fingerprint density at radius 1 is 1.11 bits per heavy atom. The first-order valence-corrected chi connectivity index (χ1v) is 8.34. The second-order valence-electron chi connectivity index (χ2n) is 5.99. The van der Waals surface area contributed by atoms with Gasteiger partial charge in [-0.3, -0.25) is 4.79 Å². The Bertz CT molecular complexity index is 960. The smallest absolute Gasteiger partial charge is 0.437 e. The number of aromatic nitrogens is 1. The number of oxazole rings is 1. The van der Waals surface area contributed by atoms with Gasteiger partial charge in [-0.1, -0.05) is 37.3 Å². The van der Waals surface area contributed by atoms with Crippen molar-refractivity contribution in [1.82, 2.24) is 4.98 Å². The van der Waals surface area contributed by atoms with Crippen molar-refractivity contribution in [2.75, 3.05) is 5.32 Å². The van der Waals surface area contributed by atoms with Crippen LogP contribution in [0.4, 0.5) is 18.9 Å². The fourth-order valence-corrected chi connectivity index (χ4v) is 2.68. The minimum atomic E-state index is -4.64. The molecule has 1 N–H and O–H groups in total. The zero-order chi connectivity index (χ0) is 19.6. The molecule has 0 atom stereocenters. The first-order valence-electron chi connectivity index (χ1n) is 8.34. The van der Waals surface area contributed by atoms with E-state index < -0.39 is 12.1 Å². The normalized spacial score (nSPS) is 11.4. The van der Waals surface area contributed by atoms with Crippen LogP contribution in [-0.2, 0) is 12.6 Å². The van der Waals surface area contributed by atoms with Crippen molar-refractivity contribution in [3.8, 4) is 11.3 Å². The highest BCUT2D eigenvalue weighted by Crippen LogP contribution is 2.34. The number of aryl methyl sites for hydroxylation is 2. The number of nitrogens with zero attached hydrogens (tertiary/aromatic N) is 1. The Balaban J connectivity index is 1.83. The first-order chi connectivity index (χ1) is 12.8. The number of hydrogen-bond acceptors (Lipinski definition) is 3. The number of carbonyl (C=O) groups is 1. The second-order valence-corrected chi connectivity index (χ2v) is 5.99. The number of alkyl halides is 3. The van der Waals surface area contributed by atoms with E-state index in [0.717, 1.165) is 5.56 Å². The van der Waals surface area contributed by atoms with Gasteiger partial charge in [0.1, 0.15) is 11.5 Å². The Morgan fingerprint density at radius 3 is 2.37 bits per heavy atom. The van der Waals surface area contributed by atoms with Crippen molar-refractivity contribution >= 4 is 11.6 Å². The molecule has 1 heterocycles. The largest absolute Gasteiger partial charge is 0.468 e. The molecule has 0 bridgehead atoms. The molecule has 0 aliphatic rings. The number of nitrogens with one attached hydrogen (secondary N) is 1. The highest BCUT2D eigenvalue weighted by molar-refractivity contribution is 6.05. The van der Waals surface area contributed by atoms with Gasteiger partial charge in [-0.15, -0.1) is 0 Å². The molecule has 7 heteroatoms. The van der Waals surface area contributed by atoms with Gasteiger partial charge in [0.05, 0.1) is 0 Å². The van der Waals surface area contributed by atoms with E-state index in [2.05, 4.69) is 10.3 Å². The number of rotatable bonds is 4. The Hall–Kier alpha value is -3.09. The van der Waals surface area contributed by atoms with E-state index in [0.29, 0.717) is 16.8 Å². The molecule has 1 aromatic heterocycles. The number of benzene rings is 2. The lowest BCUT2D eigenvalue weighted by atomic mass is 10.1. The van der Waals surface area contributed by atoms with Crippen LogP contribution in [-0.4, -0.2) is 10.9 Å². The van der Waals surface area contributed by atoms with E-state index in [1.54, 1.807) is 43.3 Å². The van der Waals surface area contributed by atoms with Crippen LogP contribution in [0.3, 0.4) is 0 Å². The summed E-state index contributed by atoms with van der Waals surface area (Å²) in [5, 5.41) is 2.77. The van der Waals surface area contributed by atoms with Gasteiger partial charge in [0.2, 0.25) is 0 Å². The lowest BCUT2D eigenvalue weighted by Crippen LogP contribution is -2.13. The molecular formula is C20H17F3N2O2. The maximum atomic E-state index is 12.8. The quantitative estimate of drug-likeness (QED) is 0.658. The van der Waals surface area contributed by atoms with Crippen LogP contribution in [0.5, 0.6) is 0 Å². The zero-order valence-corrected chi connectivity index (χ0v) is 14.7. The van der Waals surface area contributed by atoms with Crippen LogP contribution in [0.15, 0.2) is 52.9 Å². The summed E-state index contributed by atoms with van der Waals surface area (Å²) in [7, 11) is 0.